The van der Waals surface area contributed by atoms with Crippen LogP contribution in [0.15, 0.2) is 24.3 Å². The highest BCUT2D eigenvalue weighted by atomic mass is 16.5. The number of hydrogen-bond donors (Lipinski definition) is 1. The van der Waals surface area contributed by atoms with Crippen molar-refractivity contribution in [2.45, 2.75) is 19.3 Å². The van der Waals surface area contributed by atoms with Crippen molar-refractivity contribution >= 4 is 11.6 Å². The van der Waals surface area contributed by atoms with Gasteiger partial charge in [-0.2, -0.15) is 5.26 Å². The molecule has 94 valence electrons. The van der Waals surface area contributed by atoms with Crippen molar-refractivity contribution < 1.29 is 9.53 Å². The first-order valence-electron chi connectivity index (χ1n) is 6.15. The Morgan fingerprint density at radius 1 is 1.50 bits per heavy atom. The van der Waals surface area contributed by atoms with Gasteiger partial charge in [0.2, 0.25) is 5.91 Å². The monoisotopic (exact) mass is 244 g/mol. The molecule has 1 N–H and O–H groups in total. The molecule has 0 unspecified atom stereocenters. The molecule has 2 rings (SSSR count). The SMILES string of the molecule is N#Cc1cccc(NC(=O)COCCC2CC2)c1. The first-order chi connectivity index (χ1) is 8.78. The molecule has 0 bridgehead atoms. The highest BCUT2D eigenvalue weighted by molar-refractivity contribution is 5.91. The zero-order valence-corrected chi connectivity index (χ0v) is 10.2. The fourth-order valence-corrected chi connectivity index (χ4v) is 1.68. The maximum atomic E-state index is 11.6. The number of rotatable bonds is 6. The van der Waals surface area contributed by atoms with Gasteiger partial charge in [0.15, 0.2) is 0 Å². The van der Waals surface area contributed by atoms with Gasteiger partial charge < -0.3 is 10.1 Å². The number of ether oxygens (including phenoxy) is 1. The molecule has 0 radical (unpaired) electrons. The second kappa shape index (κ2) is 6.18. The van der Waals surface area contributed by atoms with E-state index in [4.69, 9.17) is 10.00 Å². The lowest BCUT2D eigenvalue weighted by atomic mass is 10.2. The largest absolute Gasteiger partial charge is 0.372 e. The highest BCUT2D eigenvalue weighted by Crippen LogP contribution is 2.32. The molecule has 1 aliphatic rings. The van der Waals surface area contributed by atoms with Gasteiger partial charge in [0, 0.05) is 12.3 Å². The van der Waals surface area contributed by atoms with E-state index in [9.17, 15) is 4.79 Å². The van der Waals surface area contributed by atoms with Gasteiger partial charge in [-0.3, -0.25) is 4.79 Å². The predicted octanol–water partition coefficient (Wildman–Crippen LogP) is 2.31. The van der Waals surface area contributed by atoms with E-state index in [1.807, 2.05) is 6.07 Å². The second-order valence-electron chi connectivity index (χ2n) is 4.53. The molecule has 1 fully saturated rings. The summed E-state index contributed by atoms with van der Waals surface area (Å²) in [6, 6.07) is 8.86. The Hall–Kier alpha value is -1.86. The lowest BCUT2D eigenvalue weighted by Crippen LogP contribution is -2.18. The summed E-state index contributed by atoms with van der Waals surface area (Å²) in [5.41, 5.74) is 1.16. The van der Waals surface area contributed by atoms with Crippen LogP contribution in [-0.4, -0.2) is 19.1 Å². The molecule has 0 heterocycles. The van der Waals surface area contributed by atoms with Gasteiger partial charge in [-0.05, 0) is 30.5 Å². The van der Waals surface area contributed by atoms with E-state index in [0.717, 1.165) is 12.3 Å². The number of carbonyl (C=O) groups excluding carboxylic acids is 1. The van der Waals surface area contributed by atoms with Crippen LogP contribution in [0.3, 0.4) is 0 Å². The summed E-state index contributed by atoms with van der Waals surface area (Å²) in [5.74, 6) is 0.640. The lowest BCUT2D eigenvalue weighted by Gasteiger charge is -2.06. The first-order valence-corrected chi connectivity index (χ1v) is 6.15. The molecule has 4 nitrogen and oxygen atoms in total. The fourth-order valence-electron chi connectivity index (χ4n) is 1.68. The molecule has 1 aliphatic carbocycles. The third kappa shape index (κ3) is 4.19. The number of amides is 1. The van der Waals surface area contributed by atoms with E-state index in [2.05, 4.69) is 5.32 Å². The molecule has 1 aromatic rings. The third-order valence-electron chi connectivity index (χ3n) is 2.88. The molecule has 1 saturated carbocycles. The van der Waals surface area contributed by atoms with Gasteiger partial charge in [0.25, 0.3) is 0 Å². The molecule has 1 aromatic carbocycles. The minimum Gasteiger partial charge on any atom is -0.372 e. The van der Waals surface area contributed by atoms with E-state index in [1.54, 1.807) is 24.3 Å². The molecule has 4 heteroatoms. The summed E-state index contributed by atoms with van der Waals surface area (Å²) in [6.07, 6.45) is 3.66. The van der Waals surface area contributed by atoms with E-state index < -0.39 is 0 Å². The fraction of sp³-hybridized carbons (Fsp3) is 0.429. The minimum atomic E-state index is -0.180. The summed E-state index contributed by atoms with van der Waals surface area (Å²) in [4.78, 5) is 11.6. The molecular formula is C14H16N2O2. The van der Waals surface area contributed by atoms with Gasteiger partial charge >= 0.3 is 0 Å². The number of nitriles is 1. The van der Waals surface area contributed by atoms with Crippen LogP contribution in [0.1, 0.15) is 24.8 Å². The van der Waals surface area contributed by atoms with E-state index in [1.165, 1.54) is 12.8 Å². The number of carbonyl (C=O) groups is 1. The Morgan fingerprint density at radius 3 is 3.06 bits per heavy atom. The molecule has 0 atom stereocenters. The van der Waals surface area contributed by atoms with Gasteiger partial charge in [0.05, 0.1) is 11.6 Å². The topological polar surface area (TPSA) is 62.1 Å². The summed E-state index contributed by atoms with van der Waals surface area (Å²) in [5, 5.41) is 11.4. The van der Waals surface area contributed by atoms with Crippen molar-refractivity contribution in [3.63, 3.8) is 0 Å². The Labute approximate surface area is 107 Å². The van der Waals surface area contributed by atoms with Crippen LogP contribution in [0.5, 0.6) is 0 Å². The molecule has 0 aliphatic heterocycles. The minimum absolute atomic E-state index is 0.0729. The normalized spacial score (nSPS) is 13.9. The zero-order valence-electron chi connectivity index (χ0n) is 10.2. The molecule has 0 saturated heterocycles. The Morgan fingerprint density at radius 2 is 2.33 bits per heavy atom. The van der Waals surface area contributed by atoms with Gasteiger partial charge in [-0.25, -0.2) is 0 Å². The van der Waals surface area contributed by atoms with Crippen LogP contribution >= 0.6 is 0 Å². The molecule has 1 amide bonds. The standard InChI is InChI=1S/C14H16N2O2/c15-9-12-2-1-3-13(8-12)16-14(17)10-18-7-6-11-4-5-11/h1-3,8,11H,4-7,10H2,(H,16,17). The summed E-state index contributed by atoms with van der Waals surface area (Å²) in [6.45, 7) is 0.722. The van der Waals surface area contributed by atoms with Crippen molar-refractivity contribution in [1.29, 1.82) is 5.26 Å². The molecule has 0 aromatic heterocycles. The van der Waals surface area contributed by atoms with Crippen LogP contribution in [0, 0.1) is 17.2 Å². The lowest BCUT2D eigenvalue weighted by molar-refractivity contribution is -0.120. The molecule has 18 heavy (non-hydrogen) atoms. The highest BCUT2D eigenvalue weighted by Gasteiger charge is 2.20. The average Bonchev–Trinajstić information content (AvgIpc) is 3.19. The van der Waals surface area contributed by atoms with Crippen molar-refractivity contribution in [1.82, 2.24) is 0 Å². The van der Waals surface area contributed by atoms with Crippen molar-refractivity contribution in [2.75, 3.05) is 18.5 Å². The summed E-state index contributed by atoms with van der Waals surface area (Å²) < 4.78 is 5.30. The van der Waals surface area contributed by atoms with Gasteiger partial charge in [-0.15, -0.1) is 0 Å². The van der Waals surface area contributed by atoms with Crippen molar-refractivity contribution in [3.8, 4) is 6.07 Å². The van der Waals surface area contributed by atoms with Crippen molar-refractivity contribution in [3.05, 3.63) is 29.8 Å². The number of nitrogens with zero attached hydrogens (tertiary/aromatic N) is 1. The van der Waals surface area contributed by atoms with Crippen LogP contribution in [0.2, 0.25) is 0 Å². The number of nitrogens with one attached hydrogen (secondary N) is 1. The summed E-state index contributed by atoms with van der Waals surface area (Å²) in [7, 11) is 0. The predicted molar refractivity (Wildman–Crippen MR) is 67.9 cm³/mol. The molecular weight excluding hydrogens is 228 g/mol. The van der Waals surface area contributed by atoms with Gasteiger partial charge in [0.1, 0.15) is 6.61 Å². The van der Waals surface area contributed by atoms with Crippen molar-refractivity contribution in [2.24, 2.45) is 5.92 Å². The quantitative estimate of drug-likeness (QED) is 0.781. The maximum Gasteiger partial charge on any atom is 0.250 e. The Bertz CT molecular complexity index is 461. The van der Waals surface area contributed by atoms with E-state index >= 15 is 0 Å². The molecule has 0 spiro atoms. The van der Waals surface area contributed by atoms with Gasteiger partial charge in [-0.1, -0.05) is 18.9 Å². The number of hydrogen-bond acceptors (Lipinski definition) is 3. The number of anilines is 1. The van der Waals surface area contributed by atoms with E-state index in [0.29, 0.717) is 17.9 Å². The third-order valence-corrected chi connectivity index (χ3v) is 2.88. The van der Waals surface area contributed by atoms with Crippen LogP contribution in [0.25, 0.3) is 0 Å². The van der Waals surface area contributed by atoms with Crippen LogP contribution < -0.4 is 5.32 Å². The average molecular weight is 244 g/mol. The second-order valence-corrected chi connectivity index (χ2v) is 4.53. The Balaban J connectivity index is 1.70. The van der Waals surface area contributed by atoms with Crippen LogP contribution in [-0.2, 0) is 9.53 Å². The first kappa shape index (κ1) is 12.6. The van der Waals surface area contributed by atoms with Crippen LogP contribution in [0.4, 0.5) is 5.69 Å². The zero-order chi connectivity index (χ0) is 12.8. The number of benzene rings is 1. The van der Waals surface area contributed by atoms with E-state index in [-0.39, 0.29) is 12.5 Å². The summed E-state index contributed by atoms with van der Waals surface area (Å²) >= 11 is 0. The smallest absolute Gasteiger partial charge is 0.250 e. The Kier molecular flexibility index (Phi) is 4.32. The maximum absolute atomic E-state index is 11.6.